The fraction of sp³-hybridized carbons (Fsp3) is 0.500. The molecule has 0 aliphatic carbocycles. The van der Waals surface area contributed by atoms with E-state index in [0.717, 1.165) is 14.2 Å². The maximum Gasteiger partial charge on any atom is 0.333 e. The monoisotopic (exact) mass is 326 g/mol. The van der Waals surface area contributed by atoms with E-state index in [1.165, 1.54) is 39.2 Å². The number of carbonyl (C=O) groups is 4. The second-order valence-corrected chi connectivity index (χ2v) is 4.87. The molecular formula is C16H22O7. The number of ketones is 1. The Balaban J connectivity index is 5.72. The van der Waals surface area contributed by atoms with E-state index in [-0.39, 0.29) is 24.2 Å². The van der Waals surface area contributed by atoms with Gasteiger partial charge in [-0.15, -0.1) is 0 Å². The van der Waals surface area contributed by atoms with Crippen molar-refractivity contribution in [1.82, 2.24) is 0 Å². The van der Waals surface area contributed by atoms with E-state index < -0.39 is 23.3 Å². The summed E-state index contributed by atoms with van der Waals surface area (Å²) in [5, 5.41) is 0. The molecule has 0 heterocycles. The van der Waals surface area contributed by atoms with Gasteiger partial charge in [0.2, 0.25) is 0 Å². The maximum atomic E-state index is 12.2. The van der Waals surface area contributed by atoms with Crippen LogP contribution >= 0.6 is 0 Å². The molecule has 0 aliphatic rings. The third kappa shape index (κ3) is 5.69. The summed E-state index contributed by atoms with van der Waals surface area (Å²) in [7, 11) is 3.51. The Bertz CT molecular complexity index is 513. The summed E-state index contributed by atoms with van der Waals surface area (Å²) in [4.78, 5) is 46.8. The first-order chi connectivity index (χ1) is 10.7. The summed E-state index contributed by atoms with van der Waals surface area (Å²) < 4.78 is 14.0. The lowest BCUT2D eigenvalue weighted by atomic mass is 9.80. The van der Waals surface area contributed by atoms with Crippen LogP contribution < -0.4 is 0 Å². The molecule has 0 aliphatic heterocycles. The molecule has 0 radical (unpaired) electrons. The lowest BCUT2D eigenvalue weighted by Crippen LogP contribution is -2.40. The normalized spacial score (nSPS) is 12.0. The van der Waals surface area contributed by atoms with Crippen LogP contribution in [0.2, 0.25) is 0 Å². The lowest BCUT2D eigenvalue weighted by molar-refractivity contribution is -0.168. The van der Waals surface area contributed by atoms with E-state index in [9.17, 15) is 19.2 Å². The fourth-order valence-corrected chi connectivity index (χ4v) is 1.89. The first kappa shape index (κ1) is 20.6. The summed E-state index contributed by atoms with van der Waals surface area (Å²) in [6.45, 7) is 2.84. The molecule has 0 bridgehead atoms. The summed E-state index contributed by atoms with van der Waals surface area (Å²) in [6.07, 6.45) is 3.82. The average molecular weight is 326 g/mol. The highest BCUT2D eigenvalue weighted by Gasteiger charge is 2.46. The van der Waals surface area contributed by atoms with Gasteiger partial charge in [-0.1, -0.05) is 12.2 Å². The molecule has 7 heteroatoms. The second kappa shape index (κ2) is 9.55. The van der Waals surface area contributed by atoms with Gasteiger partial charge >= 0.3 is 17.9 Å². The summed E-state index contributed by atoms with van der Waals surface area (Å²) in [5.74, 6) is -2.43. The molecule has 0 aromatic rings. The number of ether oxygens (including phenoxy) is 3. The van der Waals surface area contributed by atoms with Gasteiger partial charge in [0.1, 0.15) is 0 Å². The van der Waals surface area contributed by atoms with Crippen LogP contribution in [0.1, 0.15) is 26.7 Å². The highest BCUT2D eigenvalue weighted by atomic mass is 16.5. The van der Waals surface area contributed by atoms with E-state index in [1.807, 2.05) is 0 Å². The van der Waals surface area contributed by atoms with E-state index in [2.05, 4.69) is 4.74 Å². The van der Waals surface area contributed by atoms with Crippen molar-refractivity contribution in [1.29, 1.82) is 0 Å². The predicted molar refractivity (Wildman–Crippen MR) is 81.3 cm³/mol. The number of esters is 3. The molecule has 0 unspecified atom stereocenters. The second-order valence-electron chi connectivity index (χ2n) is 4.87. The molecule has 0 amide bonds. The molecule has 0 spiro atoms. The third-order valence-corrected chi connectivity index (χ3v) is 3.24. The first-order valence-electron chi connectivity index (χ1n) is 6.84. The molecule has 0 atom stereocenters. The summed E-state index contributed by atoms with van der Waals surface area (Å²) in [5.41, 5.74) is -1.44. The number of methoxy groups -OCH3 is 3. The largest absolute Gasteiger partial charge is 0.468 e. The number of hydrogen-bond donors (Lipinski definition) is 0. The van der Waals surface area contributed by atoms with Crippen molar-refractivity contribution in [3.63, 3.8) is 0 Å². The highest BCUT2D eigenvalue weighted by molar-refractivity contribution is 6.01. The molecule has 0 aromatic heterocycles. The molecule has 0 N–H and O–H groups in total. The standard InChI is InChI=1S/C16H22O7/c1-11(13(18)21-3)8-10-16(14(19)22-4,15(20)23-5)9-6-7-12(2)17/h6-8H,9-10H2,1-5H3/b7-6+,11-8+. The average Bonchev–Trinajstić information content (AvgIpc) is 2.54. The van der Waals surface area contributed by atoms with Gasteiger partial charge in [-0.25, -0.2) is 4.79 Å². The highest BCUT2D eigenvalue weighted by Crippen LogP contribution is 2.32. The van der Waals surface area contributed by atoms with Gasteiger partial charge in [0.05, 0.1) is 21.3 Å². The number of carbonyl (C=O) groups excluding carboxylic acids is 4. The summed E-state index contributed by atoms with van der Waals surface area (Å²) in [6, 6.07) is 0. The van der Waals surface area contributed by atoms with E-state index in [0.29, 0.717) is 0 Å². The quantitative estimate of drug-likeness (QED) is 0.287. The van der Waals surface area contributed by atoms with Crippen molar-refractivity contribution in [3.05, 3.63) is 23.8 Å². The van der Waals surface area contributed by atoms with Crippen molar-refractivity contribution < 1.29 is 33.4 Å². The van der Waals surface area contributed by atoms with Gasteiger partial charge in [0, 0.05) is 5.57 Å². The SMILES string of the molecule is COC(=O)/C(C)=C/CC(C/C=C/C(C)=O)(C(=O)OC)C(=O)OC. The van der Waals surface area contributed by atoms with Crippen molar-refractivity contribution in [3.8, 4) is 0 Å². The Labute approximate surface area is 135 Å². The molecule has 7 nitrogen and oxygen atoms in total. The fourth-order valence-electron chi connectivity index (χ4n) is 1.89. The van der Waals surface area contributed by atoms with Crippen LogP contribution in [-0.4, -0.2) is 45.0 Å². The molecule has 0 saturated carbocycles. The Hall–Kier alpha value is -2.44. The lowest BCUT2D eigenvalue weighted by Gasteiger charge is -2.26. The molecular weight excluding hydrogens is 304 g/mol. The molecule has 0 rings (SSSR count). The minimum atomic E-state index is -1.68. The van der Waals surface area contributed by atoms with Crippen LogP contribution in [0.15, 0.2) is 23.8 Å². The zero-order valence-electron chi connectivity index (χ0n) is 14.0. The maximum absolute atomic E-state index is 12.2. The zero-order valence-corrected chi connectivity index (χ0v) is 14.0. The number of hydrogen-bond acceptors (Lipinski definition) is 7. The zero-order chi connectivity index (χ0) is 18.0. The van der Waals surface area contributed by atoms with E-state index in [4.69, 9.17) is 9.47 Å². The molecule has 0 fully saturated rings. The summed E-state index contributed by atoms with van der Waals surface area (Å²) >= 11 is 0. The smallest absolute Gasteiger partial charge is 0.333 e. The van der Waals surface area contributed by atoms with Gasteiger partial charge < -0.3 is 14.2 Å². The number of allylic oxidation sites excluding steroid dienone is 3. The van der Waals surface area contributed by atoms with Crippen molar-refractivity contribution in [2.24, 2.45) is 5.41 Å². The van der Waals surface area contributed by atoms with E-state index in [1.54, 1.807) is 0 Å². The van der Waals surface area contributed by atoms with Gasteiger partial charge in [0.15, 0.2) is 11.2 Å². The molecule has 128 valence electrons. The minimum absolute atomic E-state index is 0.100. The topological polar surface area (TPSA) is 96.0 Å². The van der Waals surface area contributed by atoms with Crippen LogP contribution in [0, 0.1) is 5.41 Å². The van der Waals surface area contributed by atoms with Crippen LogP contribution in [0.5, 0.6) is 0 Å². The Morgan fingerprint density at radius 3 is 1.78 bits per heavy atom. The van der Waals surface area contributed by atoms with Crippen LogP contribution in [0.4, 0.5) is 0 Å². The van der Waals surface area contributed by atoms with Crippen molar-refractivity contribution in [2.75, 3.05) is 21.3 Å². The van der Waals surface area contributed by atoms with Gasteiger partial charge in [-0.2, -0.15) is 0 Å². The van der Waals surface area contributed by atoms with Gasteiger partial charge in [-0.3, -0.25) is 14.4 Å². The number of rotatable bonds is 8. The van der Waals surface area contributed by atoms with Crippen LogP contribution in [0.3, 0.4) is 0 Å². The molecule has 0 saturated heterocycles. The molecule has 23 heavy (non-hydrogen) atoms. The third-order valence-electron chi connectivity index (χ3n) is 3.24. The minimum Gasteiger partial charge on any atom is -0.468 e. The van der Waals surface area contributed by atoms with Crippen LogP contribution in [-0.2, 0) is 33.4 Å². The van der Waals surface area contributed by atoms with Gasteiger partial charge in [-0.05, 0) is 32.8 Å². The first-order valence-corrected chi connectivity index (χ1v) is 6.84. The Kier molecular flexibility index (Phi) is 8.54. The Morgan fingerprint density at radius 1 is 0.870 bits per heavy atom. The predicted octanol–water partition coefficient (Wildman–Crippen LogP) is 1.36. The van der Waals surface area contributed by atoms with Gasteiger partial charge in [0.25, 0.3) is 0 Å². The van der Waals surface area contributed by atoms with E-state index >= 15 is 0 Å². The Morgan fingerprint density at radius 2 is 1.39 bits per heavy atom. The van der Waals surface area contributed by atoms with Crippen molar-refractivity contribution >= 4 is 23.7 Å². The van der Waals surface area contributed by atoms with Crippen LogP contribution in [0.25, 0.3) is 0 Å². The molecule has 0 aromatic carbocycles. The van der Waals surface area contributed by atoms with Crippen molar-refractivity contribution in [2.45, 2.75) is 26.7 Å².